The van der Waals surface area contributed by atoms with Crippen LogP contribution in [0.1, 0.15) is 13.3 Å². The average molecular weight is 202 g/mol. The third-order valence-corrected chi connectivity index (χ3v) is 1.63. The molecular weight excluding hydrogens is 184 g/mol. The lowest BCUT2D eigenvalue weighted by atomic mass is 10.3. The van der Waals surface area contributed by atoms with Gasteiger partial charge in [-0.3, -0.25) is 9.59 Å². The first-order chi connectivity index (χ1) is 6.57. The van der Waals surface area contributed by atoms with Crippen LogP contribution >= 0.6 is 0 Å². The molecule has 0 fully saturated rings. The molecule has 0 radical (unpaired) electrons. The summed E-state index contributed by atoms with van der Waals surface area (Å²) in [6.45, 7) is 3.27. The van der Waals surface area contributed by atoms with E-state index in [4.69, 9.17) is 11.5 Å². The lowest BCUT2D eigenvalue weighted by Gasteiger charge is -2.08. The molecule has 0 rings (SSSR count). The number of amides is 2. The molecule has 0 aromatic heterocycles. The molecule has 6 heteroatoms. The van der Waals surface area contributed by atoms with Gasteiger partial charge in [0.25, 0.3) is 0 Å². The summed E-state index contributed by atoms with van der Waals surface area (Å²) in [5.41, 5.74) is 10.3. The topological polar surface area (TPSA) is 110 Å². The second-order valence-electron chi connectivity index (χ2n) is 2.92. The summed E-state index contributed by atoms with van der Waals surface area (Å²) in [5, 5.41) is 5.52. The van der Waals surface area contributed by atoms with Crippen LogP contribution in [0.2, 0.25) is 0 Å². The SMILES string of the molecule is CCNC(=O)CCNCC(N)C(N)=O. The molecular formula is C8H18N4O2. The Morgan fingerprint density at radius 3 is 2.57 bits per heavy atom. The van der Waals surface area contributed by atoms with Crippen molar-refractivity contribution in [2.75, 3.05) is 19.6 Å². The molecule has 6 N–H and O–H groups in total. The molecule has 0 aromatic rings. The number of carbonyl (C=O) groups is 2. The molecule has 0 spiro atoms. The maximum Gasteiger partial charge on any atom is 0.235 e. The zero-order chi connectivity index (χ0) is 11.0. The van der Waals surface area contributed by atoms with Crippen molar-refractivity contribution in [3.63, 3.8) is 0 Å². The zero-order valence-corrected chi connectivity index (χ0v) is 8.38. The van der Waals surface area contributed by atoms with Gasteiger partial charge in [-0.05, 0) is 6.92 Å². The molecule has 0 bridgehead atoms. The molecule has 0 saturated heterocycles. The third kappa shape index (κ3) is 6.38. The smallest absolute Gasteiger partial charge is 0.235 e. The van der Waals surface area contributed by atoms with Gasteiger partial charge in [0.05, 0.1) is 6.04 Å². The van der Waals surface area contributed by atoms with Crippen LogP contribution in [0.4, 0.5) is 0 Å². The summed E-state index contributed by atoms with van der Waals surface area (Å²) in [4.78, 5) is 21.5. The Labute approximate surface area is 83.4 Å². The Balaban J connectivity index is 3.37. The summed E-state index contributed by atoms with van der Waals surface area (Å²) in [7, 11) is 0. The molecule has 0 aliphatic carbocycles. The minimum atomic E-state index is -0.691. The summed E-state index contributed by atoms with van der Waals surface area (Å²) in [6.07, 6.45) is 0.374. The van der Waals surface area contributed by atoms with Crippen molar-refractivity contribution >= 4 is 11.8 Å². The van der Waals surface area contributed by atoms with E-state index < -0.39 is 11.9 Å². The highest BCUT2D eigenvalue weighted by Gasteiger charge is 2.07. The summed E-state index contributed by atoms with van der Waals surface area (Å²) >= 11 is 0. The van der Waals surface area contributed by atoms with Crippen molar-refractivity contribution in [3.8, 4) is 0 Å². The lowest BCUT2D eigenvalue weighted by molar-refractivity contribution is -0.120. The van der Waals surface area contributed by atoms with E-state index in [1.165, 1.54) is 0 Å². The van der Waals surface area contributed by atoms with Gasteiger partial charge in [-0.2, -0.15) is 0 Å². The predicted octanol–water partition coefficient (Wildman–Crippen LogP) is -2.09. The van der Waals surface area contributed by atoms with Crippen LogP contribution in [-0.4, -0.2) is 37.5 Å². The number of nitrogens with one attached hydrogen (secondary N) is 2. The molecule has 0 heterocycles. The maximum atomic E-state index is 10.9. The van der Waals surface area contributed by atoms with E-state index in [-0.39, 0.29) is 5.91 Å². The molecule has 1 unspecified atom stereocenters. The highest BCUT2D eigenvalue weighted by molar-refractivity contribution is 5.79. The molecule has 0 aliphatic rings. The standard InChI is InChI=1S/C8H18N4O2/c1-2-12-7(13)3-4-11-5-6(9)8(10)14/h6,11H,2-5,9H2,1H3,(H2,10,14)(H,12,13). The van der Waals surface area contributed by atoms with Crippen LogP contribution < -0.4 is 22.1 Å². The number of primary amides is 1. The summed E-state index contributed by atoms with van der Waals surface area (Å²) in [6, 6.07) is -0.691. The molecule has 6 nitrogen and oxygen atoms in total. The van der Waals surface area contributed by atoms with Gasteiger partial charge in [-0.15, -0.1) is 0 Å². The average Bonchev–Trinajstić information content (AvgIpc) is 2.12. The molecule has 1 atom stereocenters. The Hall–Kier alpha value is -1.14. The van der Waals surface area contributed by atoms with Gasteiger partial charge < -0.3 is 22.1 Å². The van der Waals surface area contributed by atoms with E-state index in [9.17, 15) is 9.59 Å². The quantitative estimate of drug-likeness (QED) is 0.355. The highest BCUT2D eigenvalue weighted by atomic mass is 16.2. The fraction of sp³-hybridized carbons (Fsp3) is 0.750. The zero-order valence-electron chi connectivity index (χ0n) is 8.38. The first-order valence-electron chi connectivity index (χ1n) is 4.60. The van der Waals surface area contributed by atoms with E-state index >= 15 is 0 Å². The fourth-order valence-corrected chi connectivity index (χ4v) is 0.846. The van der Waals surface area contributed by atoms with Crippen LogP contribution in [-0.2, 0) is 9.59 Å². The first-order valence-corrected chi connectivity index (χ1v) is 4.60. The minimum absolute atomic E-state index is 0.0207. The minimum Gasteiger partial charge on any atom is -0.368 e. The molecule has 0 aliphatic heterocycles. The van der Waals surface area contributed by atoms with Gasteiger partial charge in [0.1, 0.15) is 0 Å². The number of nitrogens with two attached hydrogens (primary N) is 2. The largest absolute Gasteiger partial charge is 0.368 e. The van der Waals surface area contributed by atoms with Crippen LogP contribution in [0.3, 0.4) is 0 Å². The Morgan fingerprint density at radius 1 is 1.43 bits per heavy atom. The van der Waals surface area contributed by atoms with E-state index in [2.05, 4.69) is 10.6 Å². The van der Waals surface area contributed by atoms with Crippen LogP contribution in [0.25, 0.3) is 0 Å². The first kappa shape index (κ1) is 12.9. The summed E-state index contributed by atoms with van der Waals surface area (Å²) in [5.74, 6) is -0.567. The molecule has 14 heavy (non-hydrogen) atoms. The molecule has 0 saturated carbocycles. The second-order valence-corrected chi connectivity index (χ2v) is 2.92. The van der Waals surface area contributed by atoms with Crippen LogP contribution in [0.5, 0.6) is 0 Å². The summed E-state index contributed by atoms with van der Waals surface area (Å²) < 4.78 is 0. The highest BCUT2D eigenvalue weighted by Crippen LogP contribution is 1.78. The second kappa shape index (κ2) is 7.28. The van der Waals surface area contributed by atoms with E-state index in [1.54, 1.807) is 0 Å². The van der Waals surface area contributed by atoms with Crippen LogP contribution in [0.15, 0.2) is 0 Å². The monoisotopic (exact) mass is 202 g/mol. The van der Waals surface area contributed by atoms with Gasteiger partial charge in [-0.25, -0.2) is 0 Å². The van der Waals surface area contributed by atoms with Crippen molar-refractivity contribution in [1.29, 1.82) is 0 Å². The Morgan fingerprint density at radius 2 is 2.07 bits per heavy atom. The van der Waals surface area contributed by atoms with Crippen molar-refractivity contribution in [3.05, 3.63) is 0 Å². The van der Waals surface area contributed by atoms with Crippen molar-refractivity contribution in [2.24, 2.45) is 11.5 Å². The van der Waals surface area contributed by atoms with Gasteiger partial charge in [0, 0.05) is 26.1 Å². The normalized spacial score (nSPS) is 12.1. The van der Waals surface area contributed by atoms with Crippen LogP contribution in [0, 0.1) is 0 Å². The molecule has 82 valence electrons. The number of hydrogen-bond donors (Lipinski definition) is 4. The number of carbonyl (C=O) groups excluding carboxylic acids is 2. The van der Waals surface area contributed by atoms with Crippen molar-refractivity contribution in [2.45, 2.75) is 19.4 Å². The number of rotatable bonds is 7. The lowest BCUT2D eigenvalue weighted by Crippen LogP contribution is -2.44. The predicted molar refractivity (Wildman–Crippen MR) is 53.3 cm³/mol. The maximum absolute atomic E-state index is 10.9. The van der Waals surface area contributed by atoms with E-state index in [1.807, 2.05) is 6.92 Å². The van der Waals surface area contributed by atoms with Gasteiger partial charge >= 0.3 is 0 Å². The molecule has 2 amide bonds. The Bertz CT molecular complexity index is 196. The van der Waals surface area contributed by atoms with Gasteiger partial charge in [0.15, 0.2) is 0 Å². The third-order valence-electron chi connectivity index (χ3n) is 1.63. The van der Waals surface area contributed by atoms with E-state index in [0.29, 0.717) is 26.1 Å². The van der Waals surface area contributed by atoms with Crippen molar-refractivity contribution < 1.29 is 9.59 Å². The van der Waals surface area contributed by atoms with E-state index in [0.717, 1.165) is 0 Å². The molecule has 0 aromatic carbocycles. The fourth-order valence-electron chi connectivity index (χ4n) is 0.846. The van der Waals surface area contributed by atoms with Crippen molar-refractivity contribution in [1.82, 2.24) is 10.6 Å². The Kier molecular flexibility index (Phi) is 6.69. The number of hydrogen-bond acceptors (Lipinski definition) is 4. The van der Waals surface area contributed by atoms with Gasteiger partial charge in [-0.1, -0.05) is 0 Å². The van der Waals surface area contributed by atoms with Gasteiger partial charge in [0.2, 0.25) is 11.8 Å².